The van der Waals surface area contributed by atoms with Crippen molar-refractivity contribution in [2.75, 3.05) is 13.6 Å². The van der Waals surface area contributed by atoms with Crippen molar-refractivity contribution in [3.8, 4) is 0 Å². The molecule has 1 fully saturated rings. The Morgan fingerprint density at radius 2 is 2.05 bits per heavy atom. The van der Waals surface area contributed by atoms with Gasteiger partial charge < -0.3 is 4.74 Å². The Bertz CT molecular complexity index is 432. The highest BCUT2D eigenvalue weighted by molar-refractivity contribution is 5.70. The molecule has 1 saturated heterocycles. The molecule has 0 spiro atoms. The maximum Gasteiger partial charge on any atom is 0.306 e. The number of likely N-dealkylation sites (N-methyl/N-ethyl adjacent to an activating group) is 1. The Hall–Kier alpha value is -1.35. The van der Waals surface area contributed by atoms with E-state index in [9.17, 15) is 4.79 Å². The number of carbonyl (C=O) groups excluding carboxylic acids is 1. The smallest absolute Gasteiger partial charge is 0.306 e. The quantitative estimate of drug-likeness (QED) is 0.780. The predicted octanol–water partition coefficient (Wildman–Crippen LogP) is 2.95. The van der Waals surface area contributed by atoms with Crippen LogP contribution in [-0.4, -0.2) is 30.5 Å². The van der Waals surface area contributed by atoms with Crippen LogP contribution >= 0.6 is 0 Å². The van der Waals surface area contributed by atoms with Gasteiger partial charge >= 0.3 is 5.97 Å². The maximum atomic E-state index is 11.9. The van der Waals surface area contributed by atoms with Crippen LogP contribution in [0.25, 0.3) is 0 Å². The minimum atomic E-state index is -0.474. The van der Waals surface area contributed by atoms with Gasteiger partial charge in [-0.15, -0.1) is 0 Å². The molecule has 2 atom stereocenters. The van der Waals surface area contributed by atoms with Crippen LogP contribution in [0.15, 0.2) is 30.3 Å². The molecule has 0 N–H and O–H groups in total. The lowest BCUT2D eigenvalue weighted by atomic mass is 9.84. The Morgan fingerprint density at radius 1 is 1.37 bits per heavy atom. The van der Waals surface area contributed by atoms with Gasteiger partial charge in [-0.25, -0.2) is 0 Å². The maximum absolute atomic E-state index is 11.9. The van der Waals surface area contributed by atoms with E-state index in [-0.39, 0.29) is 12.0 Å². The molecule has 2 rings (SSSR count). The van der Waals surface area contributed by atoms with Crippen molar-refractivity contribution in [3.63, 3.8) is 0 Å². The van der Waals surface area contributed by atoms with Gasteiger partial charge in [-0.3, -0.25) is 9.69 Å². The lowest BCUT2D eigenvalue weighted by Crippen LogP contribution is -2.44. The molecule has 1 aromatic rings. The molecule has 104 valence electrons. The monoisotopic (exact) mass is 261 g/mol. The van der Waals surface area contributed by atoms with Crippen molar-refractivity contribution < 1.29 is 9.53 Å². The number of rotatable bonds is 4. The van der Waals surface area contributed by atoms with Crippen molar-refractivity contribution in [1.82, 2.24) is 4.90 Å². The van der Waals surface area contributed by atoms with E-state index in [4.69, 9.17) is 4.74 Å². The molecule has 3 heteroatoms. The zero-order chi connectivity index (χ0) is 13.9. The highest BCUT2D eigenvalue weighted by atomic mass is 16.6. The van der Waals surface area contributed by atoms with Crippen LogP contribution in [0, 0.1) is 0 Å². The zero-order valence-corrected chi connectivity index (χ0v) is 12.1. The van der Waals surface area contributed by atoms with Crippen LogP contribution in [0.1, 0.15) is 38.7 Å². The van der Waals surface area contributed by atoms with Gasteiger partial charge in [0.05, 0.1) is 6.04 Å². The highest BCUT2D eigenvalue weighted by Gasteiger charge is 2.49. The molecular weight excluding hydrogens is 238 g/mol. The van der Waals surface area contributed by atoms with Crippen molar-refractivity contribution in [3.05, 3.63) is 35.9 Å². The predicted molar refractivity (Wildman–Crippen MR) is 75.8 cm³/mol. The Labute approximate surface area is 115 Å². The van der Waals surface area contributed by atoms with Gasteiger partial charge in [-0.2, -0.15) is 0 Å². The third kappa shape index (κ3) is 2.52. The fraction of sp³-hybridized carbons (Fsp3) is 0.562. The van der Waals surface area contributed by atoms with Crippen molar-refractivity contribution in [2.24, 2.45) is 0 Å². The van der Waals surface area contributed by atoms with Crippen LogP contribution < -0.4 is 0 Å². The summed E-state index contributed by atoms with van der Waals surface area (Å²) < 4.78 is 5.93. The second kappa shape index (κ2) is 5.74. The van der Waals surface area contributed by atoms with E-state index in [1.165, 1.54) is 0 Å². The van der Waals surface area contributed by atoms with Gasteiger partial charge in [0.1, 0.15) is 0 Å². The van der Waals surface area contributed by atoms with E-state index in [1.54, 1.807) is 0 Å². The number of hydrogen-bond acceptors (Lipinski definition) is 3. The zero-order valence-electron chi connectivity index (χ0n) is 12.1. The van der Waals surface area contributed by atoms with Crippen LogP contribution in [0.5, 0.6) is 0 Å². The first kappa shape index (κ1) is 14.1. The first-order chi connectivity index (χ1) is 9.14. The van der Waals surface area contributed by atoms with Crippen molar-refractivity contribution in [1.29, 1.82) is 0 Å². The number of esters is 1. The average Bonchev–Trinajstić information content (AvgIpc) is 2.77. The average molecular weight is 261 g/mol. The van der Waals surface area contributed by atoms with Crippen LogP contribution in [0.4, 0.5) is 0 Å². The van der Waals surface area contributed by atoms with E-state index >= 15 is 0 Å². The number of ether oxygens (including phenoxy) is 1. The van der Waals surface area contributed by atoms with E-state index < -0.39 is 5.60 Å². The normalized spacial score (nSPS) is 27.4. The molecule has 1 heterocycles. The lowest BCUT2D eigenvalue weighted by molar-refractivity contribution is -0.163. The Kier molecular flexibility index (Phi) is 4.25. The van der Waals surface area contributed by atoms with E-state index in [1.807, 2.05) is 25.1 Å². The Morgan fingerprint density at radius 3 is 2.63 bits per heavy atom. The number of carbonyl (C=O) groups is 1. The molecule has 0 aromatic heterocycles. The van der Waals surface area contributed by atoms with Gasteiger partial charge in [-0.1, -0.05) is 44.2 Å². The van der Waals surface area contributed by atoms with Gasteiger partial charge in [0.15, 0.2) is 5.60 Å². The number of likely N-dealkylation sites (tertiary alicyclic amines) is 1. The molecular formula is C16H23NO2. The summed E-state index contributed by atoms with van der Waals surface area (Å²) in [5.74, 6) is -0.113. The minimum Gasteiger partial charge on any atom is -0.452 e. The second-order valence-corrected chi connectivity index (χ2v) is 5.24. The van der Waals surface area contributed by atoms with Gasteiger partial charge in [0, 0.05) is 19.4 Å². The lowest BCUT2D eigenvalue weighted by Gasteiger charge is -2.36. The fourth-order valence-electron chi connectivity index (χ4n) is 3.17. The molecule has 0 radical (unpaired) electrons. The first-order valence-electron chi connectivity index (χ1n) is 7.11. The number of nitrogens with zero attached hydrogens (tertiary/aromatic N) is 1. The molecule has 1 aliphatic rings. The number of hydrogen-bond donors (Lipinski definition) is 0. The van der Waals surface area contributed by atoms with Crippen molar-refractivity contribution >= 4 is 5.97 Å². The summed E-state index contributed by atoms with van der Waals surface area (Å²) in [7, 11) is 2.11. The highest BCUT2D eigenvalue weighted by Crippen LogP contribution is 2.42. The largest absolute Gasteiger partial charge is 0.452 e. The molecule has 3 nitrogen and oxygen atoms in total. The van der Waals surface area contributed by atoms with Crippen LogP contribution in [0.3, 0.4) is 0 Å². The molecule has 0 unspecified atom stereocenters. The van der Waals surface area contributed by atoms with E-state index in [0.29, 0.717) is 6.42 Å². The van der Waals surface area contributed by atoms with Crippen LogP contribution in [0.2, 0.25) is 0 Å². The van der Waals surface area contributed by atoms with Gasteiger partial charge in [-0.05, 0) is 19.0 Å². The summed E-state index contributed by atoms with van der Waals surface area (Å²) in [6.07, 6.45) is 2.27. The SMILES string of the molecule is CCC(=O)O[C@@]1(c2ccccc2)CCN(C)[C@H]1CC. The summed E-state index contributed by atoms with van der Waals surface area (Å²) in [5.41, 5.74) is 0.644. The van der Waals surface area contributed by atoms with Gasteiger partial charge in [0.25, 0.3) is 0 Å². The third-order valence-corrected chi connectivity index (χ3v) is 4.14. The molecule has 0 aliphatic carbocycles. The fourth-order valence-corrected chi connectivity index (χ4v) is 3.17. The molecule has 0 saturated carbocycles. The molecule has 0 bridgehead atoms. The minimum absolute atomic E-state index is 0.113. The van der Waals surface area contributed by atoms with E-state index in [2.05, 4.69) is 31.0 Å². The summed E-state index contributed by atoms with van der Waals surface area (Å²) in [5, 5.41) is 0. The summed E-state index contributed by atoms with van der Waals surface area (Å²) >= 11 is 0. The second-order valence-electron chi connectivity index (χ2n) is 5.24. The first-order valence-corrected chi connectivity index (χ1v) is 7.11. The summed E-state index contributed by atoms with van der Waals surface area (Å²) in [6.45, 7) is 4.97. The van der Waals surface area contributed by atoms with Crippen molar-refractivity contribution in [2.45, 2.75) is 44.8 Å². The summed E-state index contributed by atoms with van der Waals surface area (Å²) in [6, 6.07) is 10.4. The summed E-state index contributed by atoms with van der Waals surface area (Å²) in [4.78, 5) is 14.2. The van der Waals surface area contributed by atoms with E-state index in [0.717, 1.165) is 24.9 Å². The molecule has 0 amide bonds. The standard InChI is InChI=1S/C16H23NO2/c1-4-14-16(11-12-17(14)3,19-15(18)5-2)13-9-7-6-8-10-13/h6-10,14H,4-5,11-12H2,1-3H3/t14-,16+/m0/s1. The molecule has 19 heavy (non-hydrogen) atoms. The molecule has 1 aliphatic heterocycles. The number of benzene rings is 1. The van der Waals surface area contributed by atoms with Crippen LogP contribution in [-0.2, 0) is 15.1 Å². The van der Waals surface area contributed by atoms with Gasteiger partial charge in [0.2, 0.25) is 0 Å². The Balaban J connectivity index is 2.41. The third-order valence-electron chi connectivity index (χ3n) is 4.14. The molecule has 1 aromatic carbocycles. The topological polar surface area (TPSA) is 29.5 Å².